The Morgan fingerprint density at radius 2 is 2.26 bits per heavy atom. The molecule has 5 nitrogen and oxygen atoms in total. The molecule has 100 valence electrons. The van der Waals surface area contributed by atoms with Crippen molar-refractivity contribution in [2.75, 3.05) is 16.6 Å². The second-order valence-corrected chi connectivity index (χ2v) is 6.87. The van der Waals surface area contributed by atoms with E-state index in [1.807, 2.05) is 6.07 Å². The van der Waals surface area contributed by atoms with Gasteiger partial charge in [0.05, 0.1) is 4.90 Å². The molecule has 1 aromatic heterocycles. The summed E-state index contributed by atoms with van der Waals surface area (Å²) < 4.78 is 26.9. The Hall–Kier alpha value is -1.60. The van der Waals surface area contributed by atoms with E-state index in [0.29, 0.717) is 5.13 Å². The average molecular weight is 295 g/mol. The fraction of sp³-hybridized carbons (Fsp3) is 0.250. The van der Waals surface area contributed by atoms with Crippen LogP contribution in [0.2, 0.25) is 0 Å². The molecule has 7 heteroatoms. The van der Waals surface area contributed by atoms with Crippen LogP contribution < -0.4 is 10.0 Å². The number of sulfonamides is 1. The van der Waals surface area contributed by atoms with Crippen molar-refractivity contribution in [3.63, 3.8) is 0 Å². The fourth-order valence-corrected chi connectivity index (χ4v) is 3.87. The maximum atomic E-state index is 12.2. The molecule has 0 spiro atoms. The van der Waals surface area contributed by atoms with Crippen molar-refractivity contribution in [2.24, 2.45) is 0 Å². The van der Waals surface area contributed by atoms with Crippen LogP contribution in [-0.4, -0.2) is 19.9 Å². The van der Waals surface area contributed by atoms with Gasteiger partial charge in [0.25, 0.3) is 10.0 Å². The van der Waals surface area contributed by atoms with E-state index >= 15 is 0 Å². The quantitative estimate of drug-likeness (QED) is 0.911. The van der Waals surface area contributed by atoms with Crippen molar-refractivity contribution < 1.29 is 8.42 Å². The standard InChI is InChI=1S/C12H13N3O2S2/c16-19(17,15-12-14-6-7-18-12)10-4-3-9-2-1-5-13-11(9)8-10/h3-4,6-8,13H,1-2,5H2,(H,14,15). The van der Waals surface area contributed by atoms with Crippen LogP contribution in [0.25, 0.3) is 0 Å². The second-order valence-electron chi connectivity index (χ2n) is 4.29. The summed E-state index contributed by atoms with van der Waals surface area (Å²) in [5.74, 6) is 0. The van der Waals surface area contributed by atoms with Crippen LogP contribution in [0.1, 0.15) is 12.0 Å². The van der Waals surface area contributed by atoms with Crippen molar-refractivity contribution in [2.45, 2.75) is 17.7 Å². The molecule has 0 atom stereocenters. The molecule has 0 unspecified atom stereocenters. The third kappa shape index (κ3) is 2.57. The molecule has 1 aliphatic rings. The maximum Gasteiger partial charge on any atom is 0.263 e. The fourth-order valence-electron chi connectivity index (χ4n) is 2.05. The Bertz CT molecular complexity index is 681. The highest BCUT2D eigenvalue weighted by molar-refractivity contribution is 7.93. The van der Waals surface area contributed by atoms with Gasteiger partial charge in [-0.3, -0.25) is 4.72 Å². The Morgan fingerprint density at radius 3 is 3.05 bits per heavy atom. The van der Waals surface area contributed by atoms with E-state index in [-0.39, 0.29) is 4.90 Å². The highest BCUT2D eigenvalue weighted by atomic mass is 32.2. The van der Waals surface area contributed by atoms with Gasteiger partial charge in [-0.15, -0.1) is 11.3 Å². The molecule has 0 aliphatic carbocycles. The maximum absolute atomic E-state index is 12.2. The van der Waals surface area contributed by atoms with Crippen LogP contribution in [0.4, 0.5) is 10.8 Å². The molecule has 2 N–H and O–H groups in total. The summed E-state index contributed by atoms with van der Waals surface area (Å²) in [4.78, 5) is 4.19. The van der Waals surface area contributed by atoms with Gasteiger partial charge in [-0.25, -0.2) is 13.4 Å². The minimum Gasteiger partial charge on any atom is -0.385 e. The molecular formula is C12H13N3O2S2. The Labute approximate surface area is 115 Å². The number of hydrogen-bond donors (Lipinski definition) is 2. The van der Waals surface area contributed by atoms with Crippen LogP contribution in [0.15, 0.2) is 34.7 Å². The number of thiazole rings is 1. The molecule has 0 saturated heterocycles. The number of benzene rings is 1. The number of anilines is 2. The number of hydrogen-bond acceptors (Lipinski definition) is 5. The Balaban J connectivity index is 1.93. The first-order chi connectivity index (χ1) is 9.15. The lowest BCUT2D eigenvalue weighted by atomic mass is 10.0. The van der Waals surface area contributed by atoms with Gasteiger partial charge < -0.3 is 5.32 Å². The lowest BCUT2D eigenvalue weighted by molar-refractivity contribution is 0.601. The zero-order chi connectivity index (χ0) is 13.3. The summed E-state index contributed by atoms with van der Waals surface area (Å²) >= 11 is 1.26. The minimum atomic E-state index is -3.56. The zero-order valence-corrected chi connectivity index (χ0v) is 11.7. The van der Waals surface area contributed by atoms with Crippen molar-refractivity contribution in [1.82, 2.24) is 4.98 Å². The van der Waals surface area contributed by atoms with E-state index in [0.717, 1.165) is 25.1 Å². The summed E-state index contributed by atoms with van der Waals surface area (Å²) in [5.41, 5.74) is 2.08. The normalized spacial score (nSPS) is 14.5. The van der Waals surface area contributed by atoms with Crippen molar-refractivity contribution in [1.29, 1.82) is 0 Å². The number of nitrogens with zero attached hydrogens (tertiary/aromatic N) is 1. The smallest absolute Gasteiger partial charge is 0.263 e. The first-order valence-electron chi connectivity index (χ1n) is 5.94. The summed E-state index contributed by atoms with van der Waals surface area (Å²) in [6.07, 6.45) is 3.63. The molecule has 3 rings (SSSR count). The predicted octanol–water partition coefficient (Wildman–Crippen LogP) is 2.30. The van der Waals surface area contributed by atoms with Gasteiger partial charge in [0.1, 0.15) is 0 Å². The van der Waals surface area contributed by atoms with Gasteiger partial charge in [0.2, 0.25) is 0 Å². The van der Waals surface area contributed by atoms with E-state index in [9.17, 15) is 8.42 Å². The first-order valence-corrected chi connectivity index (χ1v) is 8.30. The van der Waals surface area contributed by atoms with Crippen molar-refractivity contribution in [3.05, 3.63) is 35.3 Å². The molecule has 0 bridgehead atoms. The predicted molar refractivity (Wildman–Crippen MR) is 76.2 cm³/mol. The molecule has 2 aromatic rings. The molecule has 19 heavy (non-hydrogen) atoms. The van der Waals surface area contributed by atoms with Crippen LogP contribution in [0, 0.1) is 0 Å². The SMILES string of the molecule is O=S(=O)(Nc1nccs1)c1ccc2c(c1)NCCC2. The Morgan fingerprint density at radius 1 is 1.37 bits per heavy atom. The molecular weight excluding hydrogens is 282 g/mol. The lowest BCUT2D eigenvalue weighted by Crippen LogP contribution is -2.16. The van der Waals surface area contributed by atoms with E-state index in [2.05, 4.69) is 15.0 Å². The van der Waals surface area contributed by atoms with E-state index < -0.39 is 10.0 Å². The number of aromatic nitrogens is 1. The molecule has 1 aliphatic heterocycles. The van der Waals surface area contributed by atoms with Gasteiger partial charge in [-0.05, 0) is 30.5 Å². The Kier molecular flexibility index (Phi) is 3.16. The van der Waals surface area contributed by atoms with Crippen molar-refractivity contribution in [3.8, 4) is 0 Å². The topological polar surface area (TPSA) is 71.1 Å². The third-order valence-corrected chi connectivity index (χ3v) is 5.14. The van der Waals surface area contributed by atoms with Crippen molar-refractivity contribution >= 4 is 32.2 Å². The summed E-state index contributed by atoms with van der Waals surface area (Å²) in [6.45, 7) is 0.885. The number of nitrogens with one attached hydrogen (secondary N) is 2. The highest BCUT2D eigenvalue weighted by Crippen LogP contribution is 2.26. The highest BCUT2D eigenvalue weighted by Gasteiger charge is 2.18. The molecule has 2 heterocycles. The van der Waals surface area contributed by atoms with E-state index in [1.165, 1.54) is 16.9 Å². The summed E-state index contributed by atoms with van der Waals surface area (Å²) in [5, 5.41) is 5.34. The average Bonchev–Trinajstić information content (AvgIpc) is 2.90. The van der Waals surface area contributed by atoms with Gasteiger partial charge in [-0.1, -0.05) is 6.07 Å². The van der Waals surface area contributed by atoms with Gasteiger partial charge in [0.15, 0.2) is 5.13 Å². The van der Waals surface area contributed by atoms with Crippen LogP contribution in [0.3, 0.4) is 0 Å². The van der Waals surface area contributed by atoms with Gasteiger partial charge in [-0.2, -0.15) is 0 Å². The van der Waals surface area contributed by atoms with Gasteiger partial charge in [0, 0.05) is 23.8 Å². The third-order valence-electron chi connectivity index (χ3n) is 2.98. The van der Waals surface area contributed by atoms with E-state index in [4.69, 9.17) is 0 Å². The van der Waals surface area contributed by atoms with Crippen LogP contribution in [0.5, 0.6) is 0 Å². The van der Waals surface area contributed by atoms with Crippen LogP contribution >= 0.6 is 11.3 Å². The minimum absolute atomic E-state index is 0.260. The zero-order valence-electron chi connectivity index (χ0n) is 10.1. The second kappa shape index (κ2) is 4.82. The molecule has 0 fully saturated rings. The number of rotatable bonds is 3. The lowest BCUT2D eigenvalue weighted by Gasteiger charge is -2.18. The number of fused-ring (bicyclic) bond motifs is 1. The molecule has 0 amide bonds. The summed E-state index contributed by atoms with van der Waals surface area (Å²) in [6, 6.07) is 5.20. The molecule has 1 aromatic carbocycles. The first kappa shape index (κ1) is 12.4. The summed E-state index contributed by atoms with van der Waals surface area (Å²) in [7, 11) is -3.56. The van der Waals surface area contributed by atoms with E-state index in [1.54, 1.807) is 23.7 Å². The molecule has 0 saturated carbocycles. The number of aryl methyl sites for hydroxylation is 1. The monoisotopic (exact) mass is 295 g/mol. The van der Waals surface area contributed by atoms with Gasteiger partial charge >= 0.3 is 0 Å². The van der Waals surface area contributed by atoms with Crippen LogP contribution in [-0.2, 0) is 16.4 Å². The molecule has 0 radical (unpaired) electrons. The largest absolute Gasteiger partial charge is 0.385 e.